The molecule has 1 heterocycles. The minimum absolute atomic E-state index is 0.245. The van der Waals surface area contributed by atoms with E-state index in [-0.39, 0.29) is 5.82 Å². The SMILES string of the molecule is CN(C)c1ccc(/C=C\c2ccnc3ccc(F)cc23)cc1. The Labute approximate surface area is 129 Å². The maximum absolute atomic E-state index is 13.4. The Morgan fingerprint density at radius 1 is 0.955 bits per heavy atom. The molecule has 2 nitrogen and oxygen atoms in total. The van der Waals surface area contributed by atoms with Crippen molar-refractivity contribution < 1.29 is 4.39 Å². The van der Waals surface area contributed by atoms with Crippen molar-refractivity contribution in [2.75, 3.05) is 19.0 Å². The predicted molar refractivity (Wildman–Crippen MR) is 91.4 cm³/mol. The van der Waals surface area contributed by atoms with Gasteiger partial charge in [-0.3, -0.25) is 4.98 Å². The van der Waals surface area contributed by atoms with Gasteiger partial charge in [0.15, 0.2) is 0 Å². The van der Waals surface area contributed by atoms with Crippen molar-refractivity contribution in [1.29, 1.82) is 0 Å². The summed E-state index contributed by atoms with van der Waals surface area (Å²) in [6.45, 7) is 0. The van der Waals surface area contributed by atoms with E-state index in [1.807, 2.05) is 32.3 Å². The van der Waals surface area contributed by atoms with Crippen LogP contribution in [-0.4, -0.2) is 19.1 Å². The van der Waals surface area contributed by atoms with Crippen molar-refractivity contribution in [2.45, 2.75) is 0 Å². The van der Waals surface area contributed by atoms with Gasteiger partial charge in [-0.2, -0.15) is 0 Å². The molecule has 110 valence electrons. The monoisotopic (exact) mass is 292 g/mol. The fourth-order valence-corrected chi connectivity index (χ4v) is 2.35. The zero-order valence-electron chi connectivity index (χ0n) is 12.6. The molecule has 0 radical (unpaired) electrons. The molecule has 0 aliphatic rings. The molecule has 0 aliphatic heterocycles. The molecule has 22 heavy (non-hydrogen) atoms. The first-order valence-corrected chi connectivity index (χ1v) is 7.13. The number of hydrogen-bond acceptors (Lipinski definition) is 2. The molecule has 3 rings (SSSR count). The van der Waals surface area contributed by atoms with Gasteiger partial charge in [0.25, 0.3) is 0 Å². The predicted octanol–water partition coefficient (Wildman–Crippen LogP) is 4.61. The topological polar surface area (TPSA) is 16.1 Å². The van der Waals surface area contributed by atoms with Crippen molar-refractivity contribution in [3.05, 3.63) is 71.7 Å². The van der Waals surface area contributed by atoms with E-state index in [0.29, 0.717) is 0 Å². The lowest BCUT2D eigenvalue weighted by molar-refractivity contribution is 0.629. The summed E-state index contributed by atoms with van der Waals surface area (Å²) in [5.74, 6) is -0.245. The summed E-state index contributed by atoms with van der Waals surface area (Å²) < 4.78 is 13.4. The molecule has 0 fully saturated rings. The largest absolute Gasteiger partial charge is 0.378 e. The van der Waals surface area contributed by atoms with Crippen LogP contribution in [0.2, 0.25) is 0 Å². The Bertz CT molecular complexity index is 820. The van der Waals surface area contributed by atoms with E-state index < -0.39 is 0 Å². The first-order chi connectivity index (χ1) is 10.6. The van der Waals surface area contributed by atoms with Gasteiger partial charge in [-0.25, -0.2) is 4.39 Å². The second-order valence-corrected chi connectivity index (χ2v) is 5.38. The standard InChI is InChI=1S/C19H17FN2/c1-22(2)17-8-4-14(5-9-17)3-6-15-11-12-21-19-10-7-16(20)13-18(15)19/h3-13H,1-2H3/b6-3-. The van der Waals surface area contributed by atoms with Crippen LogP contribution in [0.15, 0.2) is 54.7 Å². The van der Waals surface area contributed by atoms with Gasteiger partial charge in [-0.05, 0) is 47.5 Å². The number of anilines is 1. The fraction of sp³-hybridized carbons (Fsp3) is 0.105. The summed E-state index contributed by atoms with van der Waals surface area (Å²) in [6.07, 6.45) is 5.77. The Balaban J connectivity index is 1.93. The fourth-order valence-electron chi connectivity index (χ4n) is 2.35. The molecule has 1 aromatic heterocycles. The average Bonchev–Trinajstić information content (AvgIpc) is 2.53. The highest BCUT2D eigenvalue weighted by atomic mass is 19.1. The average molecular weight is 292 g/mol. The van der Waals surface area contributed by atoms with Crippen LogP contribution in [0.4, 0.5) is 10.1 Å². The van der Waals surface area contributed by atoms with Crippen molar-refractivity contribution in [3.8, 4) is 0 Å². The number of rotatable bonds is 3. The number of hydrogen-bond donors (Lipinski definition) is 0. The highest BCUT2D eigenvalue weighted by Gasteiger charge is 2.01. The lowest BCUT2D eigenvalue weighted by Gasteiger charge is -2.11. The highest BCUT2D eigenvalue weighted by molar-refractivity contribution is 5.90. The molecule has 0 amide bonds. The number of fused-ring (bicyclic) bond motifs is 1. The lowest BCUT2D eigenvalue weighted by atomic mass is 10.1. The van der Waals surface area contributed by atoms with Gasteiger partial charge in [-0.15, -0.1) is 0 Å². The van der Waals surface area contributed by atoms with Gasteiger partial charge >= 0.3 is 0 Å². The van der Waals surface area contributed by atoms with E-state index in [0.717, 1.165) is 27.7 Å². The zero-order valence-corrected chi connectivity index (χ0v) is 12.6. The zero-order chi connectivity index (χ0) is 15.5. The minimum atomic E-state index is -0.245. The van der Waals surface area contributed by atoms with Crippen molar-refractivity contribution in [2.24, 2.45) is 0 Å². The van der Waals surface area contributed by atoms with Crippen LogP contribution < -0.4 is 4.90 Å². The summed E-state index contributed by atoms with van der Waals surface area (Å²) in [5, 5.41) is 0.823. The third-order valence-corrected chi connectivity index (χ3v) is 3.60. The van der Waals surface area contributed by atoms with Gasteiger partial charge in [0.05, 0.1) is 5.52 Å². The second kappa shape index (κ2) is 5.98. The van der Waals surface area contributed by atoms with Gasteiger partial charge in [0.2, 0.25) is 0 Å². The molecular formula is C19H17FN2. The second-order valence-electron chi connectivity index (χ2n) is 5.38. The quantitative estimate of drug-likeness (QED) is 0.700. The molecule has 0 bridgehead atoms. The van der Waals surface area contributed by atoms with Gasteiger partial charge in [0, 0.05) is 31.4 Å². The molecule has 0 unspecified atom stereocenters. The van der Waals surface area contributed by atoms with E-state index in [1.54, 1.807) is 12.3 Å². The lowest BCUT2D eigenvalue weighted by Crippen LogP contribution is -2.07. The van der Waals surface area contributed by atoms with E-state index in [9.17, 15) is 4.39 Å². The van der Waals surface area contributed by atoms with Crippen LogP contribution >= 0.6 is 0 Å². The summed E-state index contributed by atoms with van der Waals surface area (Å²) in [6, 6.07) is 14.8. The van der Waals surface area contributed by atoms with E-state index in [2.05, 4.69) is 34.1 Å². The Morgan fingerprint density at radius 3 is 2.45 bits per heavy atom. The first-order valence-electron chi connectivity index (χ1n) is 7.13. The van der Waals surface area contributed by atoms with Crippen LogP contribution in [0.1, 0.15) is 11.1 Å². The molecule has 0 spiro atoms. The van der Waals surface area contributed by atoms with E-state index in [4.69, 9.17) is 0 Å². The smallest absolute Gasteiger partial charge is 0.123 e. The van der Waals surface area contributed by atoms with Crippen LogP contribution in [0.5, 0.6) is 0 Å². The number of halogens is 1. The van der Waals surface area contributed by atoms with Gasteiger partial charge < -0.3 is 4.90 Å². The van der Waals surface area contributed by atoms with Crippen LogP contribution in [0.25, 0.3) is 23.1 Å². The number of benzene rings is 2. The first kappa shape index (κ1) is 14.3. The van der Waals surface area contributed by atoms with Crippen molar-refractivity contribution in [1.82, 2.24) is 4.98 Å². The third kappa shape index (κ3) is 2.98. The molecule has 0 saturated heterocycles. The normalized spacial score (nSPS) is 11.2. The molecule has 0 N–H and O–H groups in total. The molecule has 3 aromatic rings. The molecular weight excluding hydrogens is 275 g/mol. The maximum Gasteiger partial charge on any atom is 0.123 e. The van der Waals surface area contributed by atoms with E-state index >= 15 is 0 Å². The summed E-state index contributed by atoms with van der Waals surface area (Å²) in [4.78, 5) is 6.33. The molecule has 3 heteroatoms. The Kier molecular flexibility index (Phi) is 3.88. The van der Waals surface area contributed by atoms with E-state index in [1.165, 1.54) is 12.1 Å². The highest BCUT2D eigenvalue weighted by Crippen LogP contribution is 2.21. The molecule has 2 aromatic carbocycles. The van der Waals surface area contributed by atoms with Gasteiger partial charge in [-0.1, -0.05) is 24.3 Å². The third-order valence-electron chi connectivity index (χ3n) is 3.60. The molecule has 0 aliphatic carbocycles. The summed E-state index contributed by atoms with van der Waals surface area (Å²) in [5.41, 5.74) is 4.02. The number of aromatic nitrogens is 1. The van der Waals surface area contributed by atoms with Crippen LogP contribution in [-0.2, 0) is 0 Å². The maximum atomic E-state index is 13.4. The molecule has 0 atom stereocenters. The minimum Gasteiger partial charge on any atom is -0.378 e. The van der Waals surface area contributed by atoms with Crippen LogP contribution in [0.3, 0.4) is 0 Å². The molecule has 0 saturated carbocycles. The summed E-state index contributed by atoms with van der Waals surface area (Å²) >= 11 is 0. The van der Waals surface area contributed by atoms with Crippen molar-refractivity contribution in [3.63, 3.8) is 0 Å². The number of pyridine rings is 1. The number of nitrogens with zero attached hydrogens (tertiary/aromatic N) is 2. The Hall–Kier alpha value is -2.68. The summed E-state index contributed by atoms with van der Waals surface area (Å²) in [7, 11) is 4.03. The van der Waals surface area contributed by atoms with Crippen LogP contribution in [0, 0.1) is 5.82 Å². The van der Waals surface area contributed by atoms with Gasteiger partial charge in [0.1, 0.15) is 5.82 Å². The van der Waals surface area contributed by atoms with Crippen molar-refractivity contribution >= 4 is 28.7 Å². The Morgan fingerprint density at radius 2 is 1.73 bits per heavy atom.